The minimum absolute atomic E-state index is 0.755. The molecule has 0 N–H and O–H groups in total. The molecule has 0 aliphatic heterocycles. The summed E-state index contributed by atoms with van der Waals surface area (Å²) in [6.07, 6.45) is 3.63. The highest BCUT2D eigenvalue weighted by atomic mass is 16.5. The fourth-order valence-electron chi connectivity index (χ4n) is 3.00. The number of ether oxygens (including phenoxy) is 2. The molecular weight excluding hydrogens is 424 g/mol. The molecule has 0 aromatic heterocycles. The van der Waals surface area contributed by atoms with Crippen molar-refractivity contribution in [2.24, 2.45) is 20.2 Å². The molecule has 0 aliphatic carbocycles. The molecule has 4 rings (SSSR count). The van der Waals surface area contributed by atoms with Crippen molar-refractivity contribution in [2.45, 2.75) is 0 Å². The molecule has 0 unspecified atom stereocenters. The highest BCUT2D eigenvalue weighted by Crippen LogP contribution is 2.23. The molecule has 0 aliphatic rings. The molecule has 0 heterocycles. The smallest absolute Gasteiger partial charge is 0.118 e. The van der Waals surface area contributed by atoms with E-state index < -0.39 is 0 Å². The number of hydrogen-bond acceptors (Lipinski definition) is 6. The molecule has 4 aromatic carbocycles. The van der Waals surface area contributed by atoms with Gasteiger partial charge in [0.2, 0.25) is 0 Å². The van der Waals surface area contributed by atoms with Crippen LogP contribution in [0.3, 0.4) is 0 Å². The zero-order valence-corrected chi connectivity index (χ0v) is 19.0. The van der Waals surface area contributed by atoms with Gasteiger partial charge < -0.3 is 9.47 Å². The van der Waals surface area contributed by atoms with Crippen LogP contribution in [-0.4, -0.2) is 26.6 Å². The number of azo groups is 1. The molecule has 0 fully saturated rings. The molecule has 0 bridgehead atoms. The van der Waals surface area contributed by atoms with Crippen LogP contribution in [0.1, 0.15) is 11.1 Å². The Labute approximate surface area is 199 Å². The van der Waals surface area contributed by atoms with Gasteiger partial charge in [-0.25, -0.2) is 0 Å². The summed E-state index contributed by atoms with van der Waals surface area (Å²) in [6.45, 7) is 0. The van der Waals surface area contributed by atoms with Crippen LogP contribution in [0.15, 0.2) is 117 Å². The number of methoxy groups -OCH3 is 2. The molecule has 0 amide bonds. The molecule has 6 nitrogen and oxygen atoms in total. The van der Waals surface area contributed by atoms with Crippen LogP contribution < -0.4 is 9.47 Å². The van der Waals surface area contributed by atoms with Gasteiger partial charge in [0.15, 0.2) is 0 Å². The molecule has 0 atom stereocenters. The Bertz CT molecular complexity index is 1170. The van der Waals surface area contributed by atoms with E-state index >= 15 is 0 Å². The Morgan fingerprint density at radius 1 is 0.441 bits per heavy atom. The Morgan fingerprint density at radius 3 is 1.09 bits per heavy atom. The number of hydrogen-bond donors (Lipinski definition) is 0. The third-order valence-electron chi connectivity index (χ3n) is 4.94. The van der Waals surface area contributed by atoms with Crippen molar-refractivity contribution in [2.75, 3.05) is 14.2 Å². The lowest BCUT2D eigenvalue weighted by molar-refractivity contribution is 0.414. The van der Waals surface area contributed by atoms with Crippen LogP contribution in [0.4, 0.5) is 22.7 Å². The lowest BCUT2D eigenvalue weighted by Crippen LogP contribution is -1.84. The van der Waals surface area contributed by atoms with E-state index in [2.05, 4.69) is 20.2 Å². The van der Waals surface area contributed by atoms with Crippen LogP contribution in [0.5, 0.6) is 11.5 Å². The van der Waals surface area contributed by atoms with Gasteiger partial charge in [-0.05, 0) is 108 Å². The normalized spacial score (nSPS) is 11.5. The second kappa shape index (κ2) is 11.3. The maximum Gasteiger partial charge on any atom is 0.118 e. The van der Waals surface area contributed by atoms with Gasteiger partial charge in [0.25, 0.3) is 0 Å². The van der Waals surface area contributed by atoms with E-state index in [9.17, 15) is 0 Å². The van der Waals surface area contributed by atoms with Gasteiger partial charge in [-0.15, -0.1) is 0 Å². The van der Waals surface area contributed by atoms with Crippen molar-refractivity contribution in [3.05, 3.63) is 108 Å². The van der Waals surface area contributed by atoms with Crippen LogP contribution in [0.25, 0.3) is 0 Å². The summed E-state index contributed by atoms with van der Waals surface area (Å²) >= 11 is 0. The van der Waals surface area contributed by atoms with Crippen LogP contribution in [-0.2, 0) is 0 Å². The zero-order chi connectivity index (χ0) is 23.6. The summed E-state index contributed by atoms with van der Waals surface area (Å²) in [5, 5.41) is 8.61. The monoisotopic (exact) mass is 448 g/mol. The molecule has 168 valence electrons. The zero-order valence-electron chi connectivity index (χ0n) is 19.0. The lowest BCUT2D eigenvalue weighted by atomic mass is 10.2. The lowest BCUT2D eigenvalue weighted by Gasteiger charge is -1.99. The van der Waals surface area contributed by atoms with Gasteiger partial charge in [-0.1, -0.05) is 0 Å². The van der Waals surface area contributed by atoms with Gasteiger partial charge in [0.05, 0.1) is 37.0 Å². The molecule has 0 saturated carbocycles. The minimum Gasteiger partial charge on any atom is -0.497 e. The maximum absolute atomic E-state index is 5.17. The number of rotatable bonds is 8. The van der Waals surface area contributed by atoms with Crippen molar-refractivity contribution < 1.29 is 9.47 Å². The molecule has 0 spiro atoms. The highest BCUT2D eigenvalue weighted by Gasteiger charge is 1.96. The largest absolute Gasteiger partial charge is 0.497 e. The van der Waals surface area contributed by atoms with Gasteiger partial charge in [0, 0.05) is 12.4 Å². The van der Waals surface area contributed by atoms with E-state index in [0.29, 0.717) is 0 Å². The first-order valence-corrected chi connectivity index (χ1v) is 10.7. The Balaban J connectivity index is 1.33. The molecule has 34 heavy (non-hydrogen) atoms. The van der Waals surface area contributed by atoms with E-state index in [1.165, 1.54) is 0 Å². The second-order valence-corrected chi connectivity index (χ2v) is 7.30. The van der Waals surface area contributed by atoms with E-state index in [4.69, 9.17) is 9.47 Å². The van der Waals surface area contributed by atoms with Gasteiger partial charge in [-0.2, -0.15) is 10.2 Å². The average Bonchev–Trinajstić information content (AvgIpc) is 2.91. The van der Waals surface area contributed by atoms with E-state index in [1.807, 2.05) is 109 Å². The SMILES string of the molecule is COc1ccc(C=Nc2ccc(N=Nc3ccc(N=Cc4ccc(OC)cc4)cc3)cc2)cc1. The molecule has 0 saturated heterocycles. The standard InChI is InChI=1S/C28H24N4O2/c1-33-27-15-3-21(4-16-27)19-29-23-7-11-25(12-8-23)31-32-26-13-9-24(10-14-26)30-20-22-5-17-28(34-2)18-6-22/h3-20H,1-2H3. The first-order chi connectivity index (χ1) is 16.7. The summed E-state index contributed by atoms with van der Waals surface area (Å²) in [4.78, 5) is 8.98. The third kappa shape index (κ3) is 6.46. The van der Waals surface area contributed by atoms with Crippen molar-refractivity contribution >= 4 is 35.2 Å². The summed E-state index contributed by atoms with van der Waals surface area (Å²) in [5.74, 6) is 1.64. The summed E-state index contributed by atoms with van der Waals surface area (Å²) in [7, 11) is 3.30. The van der Waals surface area contributed by atoms with Crippen molar-refractivity contribution in [1.82, 2.24) is 0 Å². The Hall–Kier alpha value is -4.58. The van der Waals surface area contributed by atoms with Gasteiger partial charge >= 0.3 is 0 Å². The highest BCUT2D eigenvalue weighted by molar-refractivity contribution is 5.82. The number of aliphatic imine (C=N–C) groups is 2. The quantitative estimate of drug-likeness (QED) is 0.205. The van der Waals surface area contributed by atoms with Crippen LogP contribution in [0, 0.1) is 0 Å². The van der Waals surface area contributed by atoms with Crippen molar-refractivity contribution in [3.63, 3.8) is 0 Å². The van der Waals surface area contributed by atoms with Gasteiger partial charge in [0.1, 0.15) is 11.5 Å². The molecular formula is C28H24N4O2. The summed E-state index contributed by atoms with van der Waals surface area (Å²) in [6, 6.07) is 30.6. The fourth-order valence-corrected chi connectivity index (χ4v) is 3.00. The minimum atomic E-state index is 0.755. The van der Waals surface area contributed by atoms with E-state index in [-0.39, 0.29) is 0 Å². The van der Waals surface area contributed by atoms with Crippen molar-refractivity contribution in [1.29, 1.82) is 0 Å². The number of benzene rings is 4. The maximum atomic E-state index is 5.17. The summed E-state index contributed by atoms with van der Waals surface area (Å²) < 4.78 is 10.3. The van der Waals surface area contributed by atoms with Crippen LogP contribution in [0.2, 0.25) is 0 Å². The predicted octanol–water partition coefficient (Wildman–Crippen LogP) is 7.62. The summed E-state index contributed by atoms with van der Waals surface area (Å²) in [5.41, 5.74) is 5.19. The Kier molecular flexibility index (Phi) is 7.54. The third-order valence-corrected chi connectivity index (χ3v) is 4.94. The molecule has 6 heteroatoms. The van der Waals surface area contributed by atoms with E-state index in [0.717, 1.165) is 45.4 Å². The predicted molar refractivity (Wildman–Crippen MR) is 138 cm³/mol. The van der Waals surface area contributed by atoms with Crippen molar-refractivity contribution in [3.8, 4) is 11.5 Å². The molecule has 4 aromatic rings. The van der Waals surface area contributed by atoms with Gasteiger partial charge in [-0.3, -0.25) is 9.98 Å². The topological polar surface area (TPSA) is 67.9 Å². The first kappa shape index (κ1) is 22.6. The van der Waals surface area contributed by atoms with E-state index in [1.54, 1.807) is 14.2 Å². The first-order valence-electron chi connectivity index (χ1n) is 10.7. The number of nitrogens with zero attached hydrogens (tertiary/aromatic N) is 4. The fraction of sp³-hybridized carbons (Fsp3) is 0.0714. The second-order valence-electron chi connectivity index (χ2n) is 7.30. The Morgan fingerprint density at radius 2 is 0.765 bits per heavy atom. The average molecular weight is 449 g/mol. The molecule has 0 radical (unpaired) electrons. The van der Waals surface area contributed by atoms with Crippen LogP contribution >= 0.6 is 0 Å².